The summed E-state index contributed by atoms with van der Waals surface area (Å²) in [6.07, 6.45) is 0. The summed E-state index contributed by atoms with van der Waals surface area (Å²) in [5.41, 5.74) is 2.32. The Balaban J connectivity index is 1.39. The standard InChI is InChI=1S/C19H22N6O2/c1-13(2)24-8-9-25-15(12-24)10-16(23-25)18(26)20-11-17-21-22-19(27-17)14-6-4-3-5-7-14/h3-7,10,13H,8-9,11-12H2,1-2H3,(H,20,26). The zero-order valence-corrected chi connectivity index (χ0v) is 15.4. The van der Waals surface area contributed by atoms with E-state index < -0.39 is 0 Å². The topological polar surface area (TPSA) is 89.1 Å². The molecule has 27 heavy (non-hydrogen) atoms. The van der Waals surface area contributed by atoms with Crippen LogP contribution in [0.5, 0.6) is 0 Å². The van der Waals surface area contributed by atoms with Gasteiger partial charge in [-0.3, -0.25) is 14.4 Å². The highest BCUT2D eigenvalue weighted by molar-refractivity contribution is 5.92. The first-order valence-electron chi connectivity index (χ1n) is 9.07. The summed E-state index contributed by atoms with van der Waals surface area (Å²) in [7, 11) is 0. The molecule has 4 rings (SSSR count). The molecule has 8 nitrogen and oxygen atoms in total. The van der Waals surface area contributed by atoms with Gasteiger partial charge in [0.05, 0.1) is 18.8 Å². The second-order valence-corrected chi connectivity index (χ2v) is 6.86. The predicted molar refractivity (Wildman–Crippen MR) is 98.7 cm³/mol. The van der Waals surface area contributed by atoms with E-state index in [-0.39, 0.29) is 12.5 Å². The number of carbonyl (C=O) groups is 1. The largest absolute Gasteiger partial charge is 0.419 e. The van der Waals surface area contributed by atoms with E-state index in [0.717, 1.165) is 30.9 Å². The molecule has 0 saturated heterocycles. The number of benzene rings is 1. The number of rotatable bonds is 5. The van der Waals surface area contributed by atoms with Crippen LogP contribution in [0.2, 0.25) is 0 Å². The van der Waals surface area contributed by atoms with Crippen molar-refractivity contribution in [3.05, 3.63) is 53.7 Å². The van der Waals surface area contributed by atoms with Crippen molar-refractivity contribution >= 4 is 5.91 Å². The number of hydrogen-bond donors (Lipinski definition) is 1. The molecule has 0 spiro atoms. The molecule has 0 bridgehead atoms. The Kier molecular flexibility index (Phi) is 4.72. The SMILES string of the molecule is CC(C)N1CCn2nc(C(=O)NCc3nnc(-c4ccccc4)o3)cc2C1. The van der Waals surface area contributed by atoms with Gasteiger partial charge in [-0.2, -0.15) is 5.10 Å². The number of amides is 1. The van der Waals surface area contributed by atoms with Crippen LogP contribution in [0.3, 0.4) is 0 Å². The Bertz CT molecular complexity index is 931. The lowest BCUT2D eigenvalue weighted by Crippen LogP contribution is -2.38. The quantitative estimate of drug-likeness (QED) is 0.744. The lowest BCUT2D eigenvalue weighted by atomic mass is 10.2. The third-order valence-corrected chi connectivity index (χ3v) is 4.68. The van der Waals surface area contributed by atoms with Gasteiger partial charge in [-0.25, -0.2) is 0 Å². The molecule has 1 aliphatic rings. The van der Waals surface area contributed by atoms with E-state index in [4.69, 9.17) is 4.42 Å². The van der Waals surface area contributed by atoms with Crippen molar-refractivity contribution < 1.29 is 9.21 Å². The summed E-state index contributed by atoms with van der Waals surface area (Å²) in [5, 5.41) is 15.2. The second-order valence-electron chi connectivity index (χ2n) is 6.86. The Hall–Kier alpha value is -3.00. The van der Waals surface area contributed by atoms with Gasteiger partial charge in [0.1, 0.15) is 0 Å². The van der Waals surface area contributed by atoms with E-state index in [2.05, 4.69) is 39.4 Å². The first kappa shape index (κ1) is 17.4. The summed E-state index contributed by atoms with van der Waals surface area (Å²) >= 11 is 0. The summed E-state index contributed by atoms with van der Waals surface area (Å²) in [5.74, 6) is 0.552. The van der Waals surface area contributed by atoms with Crippen LogP contribution in [0.4, 0.5) is 0 Å². The van der Waals surface area contributed by atoms with Crippen LogP contribution in [-0.2, 0) is 19.6 Å². The van der Waals surface area contributed by atoms with Gasteiger partial charge in [0.25, 0.3) is 5.91 Å². The van der Waals surface area contributed by atoms with Gasteiger partial charge in [-0.15, -0.1) is 10.2 Å². The van der Waals surface area contributed by atoms with E-state index in [9.17, 15) is 4.79 Å². The van der Waals surface area contributed by atoms with Crippen LogP contribution in [-0.4, -0.2) is 43.4 Å². The molecule has 0 aliphatic carbocycles. The highest BCUT2D eigenvalue weighted by Gasteiger charge is 2.22. The van der Waals surface area contributed by atoms with Gasteiger partial charge in [0.2, 0.25) is 11.8 Å². The van der Waals surface area contributed by atoms with Crippen LogP contribution in [0, 0.1) is 0 Å². The van der Waals surface area contributed by atoms with Crippen molar-refractivity contribution in [1.82, 2.24) is 30.2 Å². The zero-order chi connectivity index (χ0) is 18.8. The van der Waals surface area contributed by atoms with E-state index in [1.54, 1.807) is 0 Å². The van der Waals surface area contributed by atoms with Crippen LogP contribution in [0.25, 0.3) is 11.5 Å². The van der Waals surface area contributed by atoms with Crippen molar-refractivity contribution in [2.75, 3.05) is 6.54 Å². The van der Waals surface area contributed by atoms with Gasteiger partial charge in [-0.05, 0) is 32.0 Å². The molecular weight excluding hydrogens is 344 g/mol. The van der Waals surface area contributed by atoms with E-state index in [1.807, 2.05) is 41.1 Å². The Morgan fingerprint density at radius 1 is 1.22 bits per heavy atom. The maximum absolute atomic E-state index is 12.4. The van der Waals surface area contributed by atoms with Gasteiger partial charge in [0, 0.05) is 24.7 Å². The molecule has 0 atom stereocenters. The average Bonchev–Trinajstić information content (AvgIpc) is 3.33. The summed E-state index contributed by atoms with van der Waals surface area (Å²) < 4.78 is 7.52. The smallest absolute Gasteiger partial charge is 0.272 e. The number of nitrogens with zero attached hydrogens (tertiary/aromatic N) is 5. The summed E-state index contributed by atoms with van der Waals surface area (Å²) in [6, 6.07) is 11.8. The molecule has 1 aromatic carbocycles. The second kappa shape index (κ2) is 7.32. The highest BCUT2D eigenvalue weighted by atomic mass is 16.4. The number of carbonyl (C=O) groups excluding carboxylic acids is 1. The highest BCUT2D eigenvalue weighted by Crippen LogP contribution is 2.18. The lowest BCUT2D eigenvalue weighted by molar-refractivity contribution is 0.0941. The molecule has 1 N–H and O–H groups in total. The average molecular weight is 366 g/mol. The first-order chi connectivity index (χ1) is 13.1. The summed E-state index contributed by atoms with van der Waals surface area (Å²) in [4.78, 5) is 14.8. The van der Waals surface area contributed by atoms with E-state index in [0.29, 0.717) is 23.5 Å². The van der Waals surface area contributed by atoms with Gasteiger partial charge in [0.15, 0.2) is 5.69 Å². The van der Waals surface area contributed by atoms with Crippen molar-refractivity contribution in [3.8, 4) is 11.5 Å². The number of aromatic nitrogens is 4. The Morgan fingerprint density at radius 2 is 2.04 bits per heavy atom. The van der Waals surface area contributed by atoms with Crippen LogP contribution in [0.15, 0.2) is 40.8 Å². The number of hydrogen-bond acceptors (Lipinski definition) is 6. The summed E-state index contributed by atoms with van der Waals surface area (Å²) in [6.45, 7) is 7.06. The fraction of sp³-hybridized carbons (Fsp3) is 0.368. The molecule has 1 aliphatic heterocycles. The third kappa shape index (κ3) is 3.75. The van der Waals surface area contributed by atoms with Crippen LogP contribution >= 0.6 is 0 Å². The number of nitrogens with one attached hydrogen (secondary N) is 1. The fourth-order valence-electron chi connectivity index (χ4n) is 3.11. The molecule has 1 amide bonds. The molecule has 0 unspecified atom stereocenters. The molecule has 3 aromatic rings. The minimum absolute atomic E-state index is 0.166. The normalized spacial score (nSPS) is 14.3. The molecule has 3 heterocycles. The van der Waals surface area contributed by atoms with E-state index in [1.165, 1.54) is 0 Å². The molecular formula is C19H22N6O2. The fourth-order valence-corrected chi connectivity index (χ4v) is 3.11. The Morgan fingerprint density at radius 3 is 2.81 bits per heavy atom. The third-order valence-electron chi connectivity index (χ3n) is 4.68. The van der Waals surface area contributed by atoms with Gasteiger partial charge in [-0.1, -0.05) is 18.2 Å². The van der Waals surface area contributed by atoms with Crippen LogP contribution < -0.4 is 5.32 Å². The van der Waals surface area contributed by atoms with Gasteiger partial charge < -0.3 is 9.73 Å². The maximum Gasteiger partial charge on any atom is 0.272 e. The first-order valence-corrected chi connectivity index (χ1v) is 9.07. The van der Waals surface area contributed by atoms with Crippen LogP contribution in [0.1, 0.15) is 35.9 Å². The van der Waals surface area contributed by atoms with Crippen molar-refractivity contribution in [1.29, 1.82) is 0 Å². The van der Waals surface area contributed by atoms with E-state index >= 15 is 0 Å². The predicted octanol–water partition coefficient (Wildman–Crippen LogP) is 2.09. The molecule has 0 fully saturated rings. The molecule has 8 heteroatoms. The minimum Gasteiger partial charge on any atom is -0.419 e. The van der Waals surface area contributed by atoms with Crippen molar-refractivity contribution in [2.45, 2.75) is 39.5 Å². The monoisotopic (exact) mass is 366 g/mol. The molecule has 0 saturated carbocycles. The van der Waals surface area contributed by atoms with Gasteiger partial charge >= 0.3 is 0 Å². The number of fused-ring (bicyclic) bond motifs is 1. The zero-order valence-electron chi connectivity index (χ0n) is 15.4. The molecule has 0 radical (unpaired) electrons. The maximum atomic E-state index is 12.4. The van der Waals surface area contributed by atoms with Crippen molar-refractivity contribution in [3.63, 3.8) is 0 Å². The lowest BCUT2D eigenvalue weighted by Gasteiger charge is -2.30. The molecule has 140 valence electrons. The Labute approximate surface area is 157 Å². The van der Waals surface area contributed by atoms with Crippen molar-refractivity contribution in [2.24, 2.45) is 0 Å². The minimum atomic E-state index is -0.243. The molecule has 2 aromatic heterocycles.